The number of aliphatic hydroxyl groups excluding tert-OH is 1. The van der Waals surface area contributed by atoms with E-state index in [1.54, 1.807) is 0 Å². The normalized spacial score (nSPS) is 13.1. The molecule has 2 atom stereocenters. The monoisotopic (exact) mass is 151 g/mol. The summed E-state index contributed by atoms with van der Waals surface area (Å²) in [6.45, 7) is -0.113. The maximum Gasteiger partial charge on any atom is 0.321 e. The first-order chi connectivity index (χ1) is 4.22. The van der Waals surface area contributed by atoms with Gasteiger partial charge in [0.25, 0.3) is 0 Å². The van der Waals surface area contributed by atoms with E-state index < -0.39 is 12.0 Å². The molecular weight excluding hydrogens is 141 g/mol. The first-order valence-electron chi connectivity index (χ1n) is 2.52. The Hall–Kier alpha value is -0.180. The van der Waals surface area contributed by atoms with Crippen LogP contribution >= 0.6 is 9.39 Å². The number of carboxylic acids is 1. The molecule has 0 radical (unpaired) electrons. The number of aliphatic hydroxyl groups is 1. The van der Waals surface area contributed by atoms with Crippen LogP contribution in [-0.4, -0.2) is 28.8 Å². The van der Waals surface area contributed by atoms with Crippen molar-refractivity contribution in [3.8, 4) is 0 Å². The van der Waals surface area contributed by atoms with Crippen LogP contribution in [0.25, 0.3) is 0 Å². The predicted molar refractivity (Wildman–Crippen MR) is 36.0 cm³/mol. The Morgan fingerprint density at radius 3 is 2.44 bits per heavy atom. The second-order valence-corrected chi connectivity index (χ2v) is 1.90. The molecule has 0 aromatic heterocycles. The molecule has 0 fully saturated rings. The SMILES string of the molecule is O=C(O)C(CCO)NP. The van der Waals surface area contributed by atoms with E-state index in [1.807, 2.05) is 0 Å². The van der Waals surface area contributed by atoms with Crippen LogP contribution in [0.3, 0.4) is 0 Å². The molecule has 9 heavy (non-hydrogen) atoms. The van der Waals surface area contributed by atoms with E-state index >= 15 is 0 Å². The summed E-state index contributed by atoms with van der Waals surface area (Å²) in [7, 11) is 2.09. The molecule has 0 aliphatic carbocycles. The highest BCUT2D eigenvalue weighted by molar-refractivity contribution is 7.13. The van der Waals surface area contributed by atoms with Crippen molar-refractivity contribution < 1.29 is 15.0 Å². The summed E-state index contributed by atoms with van der Waals surface area (Å²) < 4.78 is 0. The van der Waals surface area contributed by atoms with Crippen molar-refractivity contribution in [1.82, 2.24) is 5.09 Å². The second kappa shape index (κ2) is 4.68. The zero-order chi connectivity index (χ0) is 7.28. The lowest BCUT2D eigenvalue weighted by molar-refractivity contribution is -0.139. The molecule has 4 nitrogen and oxygen atoms in total. The molecule has 0 heterocycles. The molecule has 0 spiro atoms. The Labute approximate surface area is 55.5 Å². The van der Waals surface area contributed by atoms with Gasteiger partial charge in [-0.05, 0) is 6.42 Å². The molecule has 0 bridgehead atoms. The van der Waals surface area contributed by atoms with Crippen molar-refractivity contribution in [2.75, 3.05) is 6.61 Å². The fourth-order valence-electron chi connectivity index (χ4n) is 0.407. The van der Waals surface area contributed by atoms with Crippen molar-refractivity contribution in [2.24, 2.45) is 0 Å². The van der Waals surface area contributed by atoms with Crippen LogP contribution in [0, 0.1) is 0 Å². The largest absolute Gasteiger partial charge is 0.480 e. The van der Waals surface area contributed by atoms with E-state index in [0.29, 0.717) is 0 Å². The molecule has 0 rings (SSSR count). The topological polar surface area (TPSA) is 69.6 Å². The molecule has 2 unspecified atom stereocenters. The molecule has 0 saturated carbocycles. The Morgan fingerprint density at radius 1 is 1.78 bits per heavy atom. The summed E-state index contributed by atoms with van der Waals surface area (Å²) >= 11 is 0. The Kier molecular flexibility index (Phi) is 4.58. The first-order valence-corrected chi connectivity index (χ1v) is 3.10. The Morgan fingerprint density at radius 2 is 2.33 bits per heavy atom. The molecule has 0 saturated heterocycles. The number of hydrogen-bond acceptors (Lipinski definition) is 3. The van der Waals surface area contributed by atoms with Gasteiger partial charge in [-0.25, -0.2) is 0 Å². The van der Waals surface area contributed by atoms with E-state index in [-0.39, 0.29) is 13.0 Å². The molecular formula is C4H10NO3P. The summed E-state index contributed by atoms with van der Waals surface area (Å²) in [5.41, 5.74) is 0. The van der Waals surface area contributed by atoms with Crippen LogP contribution in [-0.2, 0) is 4.79 Å². The number of aliphatic carboxylic acids is 1. The Bertz CT molecular complexity index is 97.8. The molecule has 0 aromatic rings. The number of carbonyl (C=O) groups is 1. The molecule has 5 heteroatoms. The van der Waals surface area contributed by atoms with E-state index in [1.165, 1.54) is 0 Å². The van der Waals surface area contributed by atoms with E-state index in [0.717, 1.165) is 0 Å². The zero-order valence-corrected chi connectivity index (χ0v) is 6.03. The lowest BCUT2D eigenvalue weighted by Crippen LogP contribution is -2.30. The third kappa shape index (κ3) is 3.40. The predicted octanol–water partition coefficient (Wildman–Crippen LogP) is -0.798. The van der Waals surface area contributed by atoms with Crippen molar-refractivity contribution in [1.29, 1.82) is 0 Å². The van der Waals surface area contributed by atoms with Gasteiger partial charge in [-0.15, -0.1) is 0 Å². The lowest BCUT2D eigenvalue weighted by Gasteiger charge is -2.06. The molecule has 0 aromatic carbocycles. The average Bonchev–Trinajstić information content (AvgIpc) is 1.82. The summed E-state index contributed by atoms with van der Waals surface area (Å²) in [6.07, 6.45) is 0.235. The second-order valence-electron chi connectivity index (χ2n) is 1.57. The smallest absolute Gasteiger partial charge is 0.321 e. The highest BCUT2D eigenvalue weighted by Crippen LogP contribution is 1.92. The summed E-state index contributed by atoms with van der Waals surface area (Å²) in [6, 6.07) is -0.653. The number of carboxylic acid groups (broad SMARTS) is 1. The van der Waals surface area contributed by atoms with Gasteiger partial charge in [0, 0.05) is 6.61 Å². The van der Waals surface area contributed by atoms with Crippen LogP contribution in [0.1, 0.15) is 6.42 Å². The summed E-state index contributed by atoms with van der Waals surface area (Å²) in [5.74, 6) is -0.945. The van der Waals surface area contributed by atoms with Gasteiger partial charge in [0.1, 0.15) is 6.04 Å². The van der Waals surface area contributed by atoms with Crippen LogP contribution in [0.5, 0.6) is 0 Å². The first kappa shape index (κ1) is 8.82. The van der Waals surface area contributed by atoms with E-state index in [9.17, 15) is 4.79 Å². The molecule has 0 aliphatic rings. The maximum absolute atomic E-state index is 10.1. The van der Waals surface area contributed by atoms with Crippen LogP contribution in [0.15, 0.2) is 0 Å². The third-order valence-electron chi connectivity index (χ3n) is 0.917. The number of hydrogen-bond donors (Lipinski definition) is 3. The van der Waals surface area contributed by atoms with Crippen LogP contribution in [0.2, 0.25) is 0 Å². The van der Waals surface area contributed by atoms with Crippen molar-refractivity contribution in [3.63, 3.8) is 0 Å². The van der Waals surface area contributed by atoms with Gasteiger partial charge in [0.05, 0.1) is 0 Å². The van der Waals surface area contributed by atoms with Gasteiger partial charge in [0.15, 0.2) is 0 Å². The average molecular weight is 151 g/mol. The minimum Gasteiger partial charge on any atom is -0.480 e. The van der Waals surface area contributed by atoms with Crippen molar-refractivity contribution >= 4 is 15.4 Å². The Balaban J connectivity index is 3.54. The maximum atomic E-state index is 10.1. The van der Waals surface area contributed by atoms with Gasteiger partial charge in [-0.2, -0.15) is 0 Å². The zero-order valence-electron chi connectivity index (χ0n) is 4.87. The van der Waals surface area contributed by atoms with Crippen molar-refractivity contribution in [3.05, 3.63) is 0 Å². The van der Waals surface area contributed by atoms with E-state index in [4.69, 9.17) is 10.2 Å². The standard InChI is InChI=1S/C4H10NO3P/c6-2-1-3(5-9)4(7)8/h3,5-6H,1-2,9H2,(H,7,8). The van der Waals surface area contributed by atoms with Gasteiger partial charge in [-0.3, -0.25) is 9.88 Å². The minimum atomic E-state index is -0.945. The fourth-order valence-corrected chi connectivity index (χ4v) is 0.716. The molecule has 0 aliphatic heterocycles. The van der Waals surface area contributed by atoms with Gasteiger partial charge >= 0.3 is 5.97 Å². The van der Waals surface area contributed by atoms with Gasteiger partial charge in [0.2, 0.25) is 0 Å². The van der Waals surface area contributed by atoms with Crippen LogP contribution < -0.4 is 5.09 Å². The van der Waals surface area contributed by atoms with Crippen molar-refractivity contribution in [2.45, 2.75) is 12.5 Å². The number of nitrogens with one attached hydrogen (secondary N) is 1. The number of rotatable bonds is 4. The summed E-state index contributed by atoms with van der Waals surface area (Å²) in [4.78, 5) is 10.1. The van der Waals surface area contributed by atoms with E-state index in [2.05, 4.69) is 14.5 Å². The quantitative estimate of drug-likeness (QED) is 0.460. The fraction of sp³-hybridized carbons (Fsp3) is 0.750. The van der Waals surface area contributed by atoms with Gasteiger partial charge in [-0.1, -0.05) is 9.39 Å². The molecule has 54 valence electrons. The minimum absolute atomic E-state index is 0.113. The highest BCUT2D eigenvalue weighted by Gasteiger charge is 2.12. The van der Waals surface area contributed by atoms with Crippen LogP contribution in [0.4, 0.5) is 0 Å². The highest BCUT2D eigenvalue weighted by atomic mass is 31.0. The molecule has 0 amide bonds. The lowest BCUT2D eigenvalue weighted by atomic mass is 10.2. The summed E-state index contributed by atoms with van der Waals surface area (Å²) in [5, 5.41) is 19.1. The van der Waals surface area contributed by atoms with Gasteiger partial charge < -0.3 is 10.2 Å². The molecule has 3 N–H and O–H groups in total. The third-order valence-corrected chi connectivity index (χ3v) is 1.32.